The highest BCUT2D eigenvalue weighted by molar-refractivity contribution is 6.33. The number of nitrogens with two attached hydrogens (primary N) is 1. The molecule has 0 saturated heterocycles. The lowest BCUT2D eigenvalue weighted by atomic mass is 10.1. The Morgan fingerprint density at radius 2 is 1.82 bits per heavy atom. The van der Waals surface area contributed by atoms with Crippen LogP contribution in [-0.2, 0) is 4.74 Å². The fraction of sp³-hybridized carbons (Fsp3) is 0.280. The van der Waals surface area contributed by atoms with E-state index in [4.69, 9.17) is 26.5 Å². The number of rotatable bonds is 6. The van der Waals surface area contributed by atoms with Crippen molar-refractivity contribution in [1.29, 1.82) is 0 Å². The van der Waals surface area contributed by atoms with Crippen molar-refractivity contribution in [2.45, 2.75) is 26.3 Å². The quantitative estimate of drug-likeness (QED) is 0.240. The van der Waals surface area contributed by atoms with Crippen LogP contribution >= 0.6 is 11.6 Å². The minimum absolute atomic E-state index is 0.0135. The zero-order valence-corrected chi connectivity index (χ0v) is 19.9. The zero-order chi connectivity index (χ0) is 24.7. The second-order valence-electron chi connectivity index (χ2n) is 8.02. The summed E-state index contributed by atoms with van der Waals surface area (Å²) in [5, 5.41) is 2.52. The molecule has 0 spiro atoms. The van der Waals surface area contributed by atoms with Crippen molar-refractivity contribution in [3.63, 3.8) is 0 Å². The molecule has 0 radical (unpaired) electrons. The van der Waals surface area contributed by atoms with Crippen LogP contribution in [0.1, 0.15) is 30.6 Å². The summed E-state index contributed by atoms with van der Waals surface area (Å²) < 4.78 is 15.6. The molecule has 34 heavy (non-hydrogen) atoms. The van der Waals surface area contributed by atoms with Gasteiger partial charge >= 0.3 is 11.6 Å². The molecule has 1 atom stereocenters. The summed E-state index contributed by atoms with van der Waals surface area (Å²) in [5.41, 5.74) is 6.43. The van der Waals surface area contributed by atoms with Gasteiger partial charge in [0, 0.05) is 47.7 Å². The molecule has 0 amide bonds. The van der Waals surface area contributed by atoms with Crippen LogP contribution in [0.4, 0.5) is 0 Å². The van der Waals surface area contributed by atoms with Gasteiger partial charge in [-0.1, -0.05) is 25.4 Å². The van der Waals surface area contributed by atoms with Crippen LogP contribution in [0.3, 0.4) is 0 Å². The maximum Gasteiger partial charge on any atom is 0.345 e. The molecule has 178 valence electrons. The fourth-order valence-electron chi connectivity index (χ4n) is 3.36. The molecule has 0 aliphatic carbocycles. The van der Waals surface area contributed by atoms with E-state index in [-0.39, 0.29) is 11.6 Å². The number of ether oxygens (including phenoxy) is 2. The molecule has 1 aromatic carbocycles. The van der Waals surface area contributed by atoms with E-state index in [1.165, 1.54) is 31.8 Å². The molecule has 9 heteroatoms. The zero-order valence-electron chi connectivity index (χ0n) is 19.2. The average Bonchev–Trinajstić information content (AvgIpc) is 2.82. The average molecular weight is 484 g/mol. The molecule has 0 aliphatic rings. The maximum atomic E-state index is 12.0. The number of methoxy groups -OCH3 is 1. The van der Waals surface area contributed by atoms with Crippen LogP contribution in [-0.4, -0.2) is 35.7 Å². The van der Waals surface area contributed by atoms with Crippen molar-refractivity contribution in [2.75, 3.05) is 13.7 Å². The number of nitrogens with zero attached hydrogens (tertiary/aromatic N) is 2. The third kappa shape index (κ3) is 6.30. The second-order valence-corrected chi connectivity index (χ2v) is 8.42. The topological polar surface area (TPSA) is 118 Å². The summed E-state index contributed by atoms with van der Waals surface area (Å²) in [6.07, 6.45) is 6.97. The molecule has 0 unspecified atom stereocenters. The van der Waals surface area contributed by atoms with Gasteiger partial charge in [-0.25, -0.2) is 9.59 Å². The standard InChI is InChI=1S/C18H20N2O3.C7H6ClNO2/c1-11(2)7-12(19)10-22-13-3-4-15-14-5-6-20-9-16(14)18(21)23-17(15)8-13;1-11-7(10)5-4-9-3-2-6(5)8/h3-6,8-9,11-12H,7,10,19H2,1-2H3;2-4H,1H3/t12-;/m0./s1. The van der Waals surface area contributed by atoms with Gasteiger partial charge in [-0.3, -0.25) is 9.97 Å². The number of hydrogen-bond donors (Lipinski definition) is 1. The number of halogens is 1. The SMILES string of the molecule is CC(C)C[C@H](N)COc1ccc2c(c1)oc(=O)c1cnccc12.COC(=O)c1cnccc1Cl. The van der Waals surface area contributed by atoms with Gasteiger partial charge < -0.3 is 19.6 Å². The molecule has 8 nitrogen and oxygen atoms in total. The van der Waals surface area contributed by atoms with Crippen LogP contribution in [0.2, 0.25) is 5.02 Å². The van der Waals surface area contributed by atoms with E-state index in [1.807, 2.05) is 18.2 Å². The van der Waals surface area contributed by atoms with Crippen LogP contribution in [0, 0.1) is 5.92 Å². The van der Waals surface area contributed by atoms with Gasteiger partial charge in [0.2, 0.25) is 0 Å². The lowest BCUT2D eigenvalue weighted by Crippen LogP contribution is -2.29. The molecular weight excluding hydrogens is 458 g/mol. The second kappa shape index (κ2) is 11.6. The molecule has 0 bridgehead atoms. The van der Waals surface area contributed by atoms with E-state index < -0.39 is 11.6 Å². The largest absolute Gasteiger partial charge is 0.492 e. The Kier molecular flexibility index (Phi) is 8.56. The van der Waals surface area contributed by atoms with Crippen LogP contribution < -0.4 is 16.1 Å². The first kappa shape index (κ1) is 25.1. The molecule has 2 N–H and O–H groups in total. The van der Waals surface area contributed by atoms with E-state index >= 15 is 0 Å². The number of benzene rings is 1. The number of carbonyl (C=O) groups is 1. The monoisotopic (exact) mass is 483 g/mol. The van der Waals surface area contributed by atoms with E-state index in [9.17, 15) is 9.59 Å². The van der Waals surface area contributed by atoms with Gasteiger partial charge in [0.15, 0.2) is 0 Å². The Labute approximate surface area is 201 Å². The molecule has 4 aromatic rings. The Bertz CT molecular complexity index is 1340. The predicted octanol–water partition coefficient (Wildman–Crippen LogP) is 4.62. The summed E-state index contributed by atoms with van der Waals surface area (Å²) in [6, 6.07) is 8.83. The lowest BCUT2D eigenvalue weighted by molar-refractivity contribution is 0.0600. The van der Waals surface area contributed by atoms with Crippen LogP contribution in [0.5, 0.6) is 5.75 Å². The lowest BCUT2D eigenvalue weighted by Gasteiger charge is -2.15. The van der Waals surface area contributed by atoms with E-state index in [2.05, 4.69) is 28.6 Å². The van der Waals surface area contributed by atoms with Crippen molar-refractivity contribution < 1.29 is 18.7 Å². The normalized spacial score (nSPS) is 11.7. The minimum atomic E-state index is -0.469. The summed E-state index contributed by atoms with van der Waals surface area (Å²) in [6.45, 7) is 4.69. The molecule has 4 rings (SSSR count). The molecule has 3 heterocycles. The summed E-state index contributed by atoms with van der Waals surface area (Å²) in [5.74, 6) is 0.708. The summed E-state index contributed by atoms with van der Waals surface area (Å²) in [4.78, 5) is 30.6. The Hall–Kier alpha value is -3.49. The number of hydrogen-bond acceptors (Lipinski definition) is 8. The predicted molar refractivity (Wildman–Crippen MR) is 131 cm³/mol. The Morgan fingerprint density at radius 3 is 2.53 bits per heavy atom. The Balaban J connectivity index is 0.000000248. The van der Waals surface area contributed by atoms with E-state index in [1.54, 1.807) is 12.3 Å². The first-order valence-corrected chi connectivity index (χ1v) is 11.0. The number of carbonyl (C=O) groups excluding carboxylic acids is 1. The molecule has 0 saturated carbocycles. The summed E-state index contributed by atoms with van der Waals surface area (Å²) in [7, 11) is 1.30. The van der Waals surface area contributed by atoms with Crippen LogP contribution in [0.15, 0.2) is 64.3 Å². The minimum Gasteiger partial charge on any atom is -0.492 e. The smallest absolute Gasteiger partial charge is 0.345 e. The van der Waals surface area contributed by atoms with Gasteiger partial charge in [0.05, 0.1) is 23.1 Å². The van der Waals surface area contributed by atoms with E-state index in [0.29, 0.717) is 34.3 Å². The van der Waals surface area contributed by atoms with Crippen molar-refractivity contribution in [3.8, 4) is 5.75 Å². The maximum absolute atomic E-state index is 12.0. The van der Waals surface area contributed by atoms with Gasteiger partial charge in [-0.05, 0) is 36.6 Å². The van der Waals surface area contributed by atoms with E-state index in [0.717, 1.165) is 17.2 Å². The van der Waals surface area contributed by atoms with Crippen molar-refractivity contribution >= 4 is 39.3 Å². The first-order chi connectivity index (χ1) is 16.3. The van der Waals surface area contributed by atoms with Crippen LogP contribution in [0.25, 0.3) is 21.7 Å². The van der Waals surface area contributed by atoms with Crippen molar-refractivity contribution in [2.24, 2.45) is 11.7 Å². The van der Waals surface area contributed by atoms with Crippen molar-refractivity contribution in [3.05, 3.63) is 76.1 Å². The van der Waals surface area contributed by atoms with Gasteiger partial charge in [-0.2, -0.15) is 0 Å². The summed E-state index contributed by atoms with van der Waals surface area (Å²) >= 11 is 5.66. The number of esters is 1. The van der Waals surface area contributed by atoms with Gasteiger partial charge in [0.1, 0.15) is 17.9 Å². The number of pyridine rings is 2. The fourth-order valence-corrected chi connectivity index (χ4v) is 3.54. The number of fused-ring (bicyclic) bond motifs is 3. The molecule has 3 aromatic heterocycles. The highest BCUT2D eigenvalue weighted by Gasteiger charge is 2.11. The third-order valence-corrected chi connectivity index (χ3v) is 5.23. The molecule has 0 aliphatic heterocycles. The number of aromatic nitrogens is 2. The van der Waals surface area contributed by atoms with Gasteiger partial charge in [-0.15, -0.1) is 0 Å². The highest BCUT2D eigenvalue weighted by atomic mass is 35.5. The Morgan fingerprint density at radius 1 is 1.09 bits per heavy atom. The first-order valence-electron chi connectivity index (χ1n) is 10.7. The third-order valence-electron chi connectivity index (χ3n) is 4.90. The molecular formula is C25H26ClN3O5. The molecule has 0 fully saturated rings. The van der Waals surface area contributed by atoms with Gasteiger partial charge in [0.25, 0.3) is 0 Å². The highest BCUT2D eigenvalue weighted by Crippen LogP contribution is 2.26. The van der Waals surface area contributed by atoms with Crippen molar-refractivity contribution in [1.82, 2.24) is 9.97 Å².